The number of amides is 1. The van der Waals surface area contributed by atoms with E-state index in [1.807, 2.05) is 38.4 Å². The first-order valence-electron chi connectivity index (χ1n) is 7.72. The molecule has 4 heteroatoms. The average Bonchev–Trinajstić information content (AvgIpc) is 2.41. The normalized spacial score (nSPS) is 22.7. The molecule has 1 unspecified atom stereocenters. The molecule has 4 nitrogen and oxygen atoms in total. The van der Waals surface area contributed by atoms with Crippen molar-refractivity contribution in [1.29, 1.82) is 0 Å². The average molecular weight is 290 g/mol. The van der Waals surface area contributed by atoms with Gasteiger partial charge in [0.2, 0.25) is 0 Å². The molecule has 1 aliphatic carbocycles. The summed E-state index contributed by atoms with van der Waals surface area (Å²) in [6.07, 6.45) is 2.34. The third-order valence-electron chi connectivity index (χ3n) is 4.16. The number of carbonyl (C=O) groups is 1. The highest BCUT2D eigenvalue weighted by Crippen LogP contribution is 2.31. The number of carbonyl (C=O) groups excluding carboxylic acids is 1. The van der Waals surface area contributed by atoms with Crippen molar-refractivity contribution < 1.29 is 9.90 Å². The van der Waals surface area contributed by atoms with Crippen molar-refractivity contribution in [3.8, 4) is 0 Å². The summed E-state index contributed by atoms with van der Waals surface area (Å²) in [5, 5.41) is 12.5. The highest BCUT2D eigenvalue weighted by atomic mass is 16.3. The Kier molecular flexibility index (Phi) is 5.37. The van der Waals surface area contributed by atoms with Gasteiger partial charge in [-0.25, -0.2) is 0 Å². The molecule has 0 spiro atoms. The van der Waals surface area contributed by atoms with Crippen LogP contribution in [0.25, 0.3) is 0 Å². The van der Waals surface area contributed by atoms with E-state index in [2.05, 4.69) is 17.1 Å². The van der Waals surface area contributed by atoms with Crippen LogP contribution in [-0.2, 0) is 6.54 Å². The van der Waals surface area contributed by atoms with Gasteiger partial charge in [-0.1, -0.05) is 19.1 Å². The lowest BCUT2D eigenvalue weighted by molar-refractivity contribution is 0.0232. The van der Waals surface area contributed by atoms with Crippen LogP contribution in [0.1, 0.15) is 42.1 Å². The molecule has 1 aliphatic rings. The Morgan fingerprint density at radius 3 is 2.71 bits per heavy atom. The summed E-state index contributed by atoms with van der Waals surface area (Å²) in [4.78, 5) is 14.5. The molecule has 2 N–H and O–H groups in total. The zero-order chi connectivity index (χ0) is 15.4. The van der Waals surface area contributed by atoms with Gasteiger partial charge in [-0.3, -0.25) is 4.79 Å². The van der Waals surface area contributed by atoms with Gasteiger partial charge in [0, 0.05) is 18.2 Å². The van der Waals surface area contributed by atoms with Crippen LogP contribution in [0.3, 0.4) is 0 Å². The van der Waals surface area contributed by atoms with Crippen molar-refractivity contribution in [2.75, 3.05) is 14.1 Å². The smallest absolute Gasteiger partial charge is 0.251 e. The fourth-order valence-electron chi connectivity index (χ4n) is 2.94. The molecule has 1 aromatic carbocycles. The first-order chi connectivity index (χ1) is 9.99. The molecule has 1 saturated carbocycles. The predicted molar refractivity (Wildman–Crippen MR) is 84.1 cm³/mol. The molecule has 1 fully saturated rings. The number of rotatable bonds is 6. The number of hydrogen-bond donors (Lipinski definition) is 2. The summed E-state index contributed by atoms with van der Waals surface area (Å²) in [5.41, 5.74) is 1.85. The van der Waals surface area contributed by atoms with Gasteiger partial charge >= 0.3 is 0 Å². The van der Waals surface area contributed by atoms with Crippen LogP contribution in [0.2, 0.25) is 0 Å². The van der Waals surface area contributed by atoms with Gasteiger partial charge < -0.3 is 15.3 Å². The van der Waals surface area contributed by atoms with Gasteiger partial charge in [-0.05, 0) is 57.0 Å². The number of aliphatic hydroxyl groups excluding tert-OH is 1. The zero-order valence-corrected chi connectivity index (χ0v) is 13.2. The largest absolute Gasteiger partial charge is 0.393 e. The Morgan fingerprint density at radius 2 is 2.14 bits per heavy atom. The number of aliphatic hydroxyl groups is 1. The minimum atomic E-state index is -0.177. The summed E-state index contributed by atoms with van der Waals surface area (Å²) in [7, 11) is 4.03. The van der Waals surface area contributed by atoms with Crippen molar-refractivity contribution in [3.05, 3.63) is 35.4 Å². The van der Waals surface area contributed by atoms with Gasteiger partial charge in [0.25, 0.3) is 5.91 Å². The highest BCUT2D eigenvalue weighted by Gasteiger charge is 2.33. The fourth-order valence-corrected chi connectivity index (χ4v) is 2.94. The lowest BCUT2D eigenvalue weighted by atomic mass is 9.76. The number of nitrogens with zero attached hydrogens (tertiary/aromatic N) is 1. The first-order valence-corrected chi connectivity index (χ1v) is 7.72. The Balaban J connectivity index is 1.98. The van der Waals surface area contributed by atoms with Crippen LogP contribution in [0, 0.1) is 5.92 Å². The maximum atomic E-state index is 12.4. The van der Waals surface area contributed by atoms with Gasteiger partial charge in [0.15, 0.2) is 0 Å². The number of hydrogen-bond acceptors (Lipinski definition) is 3. The minimum Gasteiger partial charge on any atom is -0.393 e. The van der Waals surface area contributed by atoms with E-state index in [9.17, 15) is 9.90 Å². The molecule has 0 saturated heterocycles. The molecule has 2 rings (SSSR count). The summed E-state index contributed by atoms with van der Waals surface area (Å²) in [5.74, 6) is 0.405. The standard InChI is InChI=1S/C17H26N2O2/c1-4-16(14-9-15(20)10-14)18-17(21)13-7-5-6-12(8-13)11-19(2)3/h5-8,14-16,20H,4,9-11H2,1-3H3,(H,18,21). The topological polar surface area (TPSA) is 52.6 Å². The number of benzene rings is 1. The second-order valence-corrected chi connectivity index (χ2v) is 6.31. The van der Waals surface area contributed by atoms with Crippen molar-refractivity contribution in [2.45, 2.75) is 44.9 Å². The van der Waals surface area contributed by atoms with E-state index in [1.54, 1.807) is 0 Å². The maximum absolute atomic E-state index is 12.4. The minimum absolute atomic E-state index is 0.0103. The van der Waals surface area contributed by atoms with E-state index in [4.69, 9.17) is 0 Å². The summed E-state index contributed by atoms with van der Waals surface area (Å²) >= 11 is 0. The molecule has 0 heterocycles. The molecule has 0 aromatic heterocycles. The van der Waals surface area contributed by atoms with Crippen molar-refractivity contribution in [3.63, 3.8) is 0 Å². The maximum Gasteiger partial charge on any atom is 0.251 e. The zero-order valence-electron chi connectivity index (χ0n) is 13.2. The molecule has 116 valence electrons. The molecule has 0 radical (unpaired) electrons. The summed E-state index contributed by atoms with van der Waals surface area (Å²) < 4.78 is 0. The van der Waals surface area contributed by atoms with Gasteiger partial charge in [0.1, 0.15) is 0 Å². The summed E-state index contributed by atoms with van der Waals surface area (Å²) in [6.45, 7) is 2.91. The van der Waals surface area contributed by atoms with E-state index >= 15 is 0 Å². The SMILES string of the molecule is CCC(NC(=O)c1cccc(CN(C)C)c1)C1CC(O)C1. The van der Waals surface area contributed by atoms with E-state index in [0.717, 1.165) is 31.4 Å². The van der Waals surface area contributed by atoms with E-state index in [0.29, 0.717) is 11.5 Å². The van der Waals surface area contributed by atoms with Crippen LogP contribution >= 0.6 is 0 Å². The second kappa shape index (κ2) is 7.05. The Hall–Kier alpha value is -1.39. The third-order valence-corrected chi connectivity index (χ3v) is 4.16. The Bertz CT molecular complexity index is 481. The van der Waals surface area contributed by atoms with Crippen LogP contribution < -0.4 is 5.32 Å². The number of nitrogens with one attached hydrogen (secondary N) is 1. The van der Waals surface area contributed by atoms with Crippen LogP contribution in [0.15, 0.2) is 24.3 Å². The molecular formula is C17H26N2O2. The van der Waals surface area contributed by atoms with Crippen molar-refractivity contribution in [1.82, 2.24) is 10.2 Å². The lowest BCUT2D eigenvalue weighted by Crippen LogP contribution is -2.46. The second-order valence-electron chi connectivity index (χ2n) is 6.31. The Labute approximate surface area is 127 Å². The molecule has 0 aliphatic heterocycles. The fraction of sp³-hybridized carbons (Fsp3) is 0.588. The van der Waals surface area contributed by atoms with Crippen molar-refractivity contribution in [2.24, 2.45) is 5.92 Å². The van der Waals surface area contributed by atoms with Crippen molar-refractivity contribution >= 4 is 5.91 Å². The van der Waals surface area contributed by atoms with Crippen LogP contribution in [0.5, 0.6) is 0 Å². The monoisotopic (exact) mass is 290 g/mol. The summed E-state index contributed by atoms with van der Waals surface area (Å²) in [6, 6.07) is 7.95. The lowest BCUT2D eigenvalue weighted by Gasteiger charge is -2.37. The first kappa shape index (κ1) is 16.0. The van der Waals surface area contributed by atoms with Gasteiger partial charge in [0.05, 0.1) is 6.10 Å². The molecule has 0 bridgehead atoms. The molecule has 1 amide bonds. The molecule has 21 heavy (non-hydrogen) atoms. The highest BCUT2D eigenvalue weighted by molar-refractivity contribution is 5.94. The van der Waals surface area contributed by atoms with E-state index < -0.39 is 0 Å². The quantitative estimate of drug-likeness (QED) is 0.843. The predicted octanol–water partition coefficient (Wildman–Crippen LogP) is 2.03. The van der Waals surface area contributed by atoms with Crippen LogP contribution in [0.4, 0.5) is 0 Å². The molecular weight excluding hydrogens is 264 g/mol. The molecule has 1 aromatic rings. The van der Waals surface area contributed by atoms with Gasteiger partial charge in [-0.15, -0.1) is 0 Å². The Morgan fingerprint density at radius 1 is 1.43 bits per heavy atom. The van der Waals surface area contributed by atoms with Crippen LogP contribution in [-0.4, -0.2) is 42.2 Å². The van der Waals surface area contributed by atoms with E-state index in [-0.39, 0.29) is 18.1 Å². The van der Waals surface area contributed by atoms with E-state index in [1.165, 1.54) is 0 Å². The third kappa shape index (κ3) is 4.29. The molecule has 1 atom stereocenters. The van der Waals surface area contributed by atoms with Gasteiger partial charge in [-0.2, -0.15) is 0 Å².